The second-order valence-electron chi connectivity index (χ2n) is 11.3. The molecule has 0 unspecified atom stereocenters. The maximum absolute atomic E-state index is 13.8. The van der Waals surface area contributed by atoms with Gasteiger partial charge in [-0.1, -0.05) is 12.7 Å². The summed E-state index contributed by atoms with van der Waals surface area (Å²) >= 11 is 0. The average Bonchev–Trinajstić information content (AvgIpc) is 3.93. The Hall–Kier alpha value is -4.46. The number of rotatable bonds is 12. The quantitative estimate of drug-likeness (QED) is 0.229. The number of sulfonamides is 1. The molecular weight excluding hydrogens is 590 g/mol. The van der Waals surface area contributed by atoms with Crippen LogP contribution in [-0.2, 0) is 29.2 Å². The number of aromatic nitrogens is 1. The third-order valence-electron chi connectivity index (χ3n) is 8.23. The molecule has 0 bridgehead atoms. The van der Waals surface area contributed by atoms with E-state index in [4.69, 9.17) is 9.47 Å². The highest BCUT2D eigenvalue weighted by Gasteiger charge is 2.62. The van der Waals surface area contributed by atoms with Crippen molar-refractivity contribution in [1.29, 1.82) is 0 Å². The maximum Gasteiger partial charge on any atom is 0.259 e. The van der Waals surface area contributed by atoms with Crippen molar-refractivity contribution in [2.75, 3.05) is 13.7 Å². The Morgan fingerprint density at radius 3 is 2.57 bits per heavy atom. The molecule has 4 amide bonds. The van der Waals surface area contributed by atoms with E-state index in [1.54, 1.807) is 31.5 Å². The molecule has 2 saturated carbocycles. The largest absolute Gasteiger partial charge is 0.497 e. The fourth-order valence-electron chi connectivity index (χ4n) is 5.48. The maximum atomic E-state index is 13.8. The Labute approximate surface area is 255 Å². The normalized spacial score (nSPS) is 25.0. The van der Waals surface area contributed by atoms with Crippen LogP contribution in [0.3, 0.4) is 0 Å². The molecule has 5 atom stereocenters. The summed E-state index contributed by atoms with van der Waals surface area (Å²) in [6.45, 7) is 8.59. The Morgan fingerprint density at radius 2 is 1.93 bits per heavy atom. The molecule has 0 radical (unpaired) electrons. The number of nitrogens with one attached hydrogen (secondary N) is 3. The predicted molar refractivity (Wildman–Crippen MR) is 160 cm³/mol. The van der Waals surface area contributed by atoms with Gasteiger partial charge < -0.3 is 25.0 Å². The second-order valence-corrected chi connectivity index (χ2v) is 13.3. The molecule has 3 N–H and O–H groups in total. The first-order chi connectivity index (χ1) is 20.9. The number of amides is 4. The molecule has 2 aliphatic carbocycles. The van der Waals surface area contributed by atoms with Crippen LogP contribution in [0.5, 0.6) is 11.6 Å². The molecule has 1 aromatic carbocycles. The third-order valence-corrected chi connectivity index (χ3v) is 10.0. The van der Waals surface area contributed by atoms with Crippen LogP contribution in [0.1, 0.15) is 32.6 Å². The van der Waals surface area contributed by atoms with Gasteiger partial charge in [-0.25, -0.2) is 13.4 Å². The zero-order valence-electron chi connectivity index (χ0n) is 24.4. The third kappa shape index (κ3) is 6.11. The van der Waals surface area contributed by atoms with E-state index in [9.17, 15) is 27.6 Å². The summed E-state index contributed by atoms with van der Waals surface area (Å²) in [5.41, 5.74) is -1.52. The summed E-state index contributed by atoms with van der Waals surface area (Å²) in [6, 6.07) is 5.10. The minimum Gasteiger partial charge on any atom is -0.497 e. The van der Waals surface area contributed by atoms with E-state index in [2.05, 4.69) is 33.5 Å². The number of likely N-dealkylation sites (tertiary alicyclic amines) is 1. The zero-order valence-corrected chi connectivity index (χ0v) is 25.3. The number of carbonyl (C=O) groups is 4. The van der Waals surface area contributed by atoms with Gasteiger partial charge in [0.05, 0.1) is 18.9 Å². The van der Waals surface area contributed by atoms with E-state index in [1.807, 2.05) is 6.07 Å². The van der Waals surface area contributed by atoms with E-state index in [0.29, 0.717) is 29.9 Å². The van der Waals surface area contributed by atoms with E-state index in [1.165, 1.54) is 17.9 Å². The first kappa shape index (κ1) is 31.0. The van der Waals surface area contributed by atoms with Crippen molar-refractivity contribution in [2.45, 2.75) is 61.6 Å². The fraction of sp³-hybridized carbons (Fsp3) is 0.433. The van der Waals surface area contributed by atoms with E-state index < -0.39 is 68.5 Å². The highest BCUT2D eigenvalue weighted by molar-refractivity contribution is 7.91. The molecular formula is C30H35N5O8S. The van der Waals surface area contributed by atoms with Crippen molar-refractivity contribution in [3.63, 3.8) is 0 Å². The first-order valence-electron chi connectivity index (χ1n) is 14.3. The molecule has 234 valence electrons. The topological polar surface area (TPSA) is 173 Å². The number of fused-ring (bicyclic) bond motifs is 1. The lowest BCUT2D eigenvalue weighted by Crippen LogP contribution is -2.58. The number of nitrogens with zero attached hydrogens (tertiary/aromatic N) is 2. The molecule has 1 saturated heterocycles. The lowest BCUT2D eigenvalue weighted by molar-refractivity contribution is -0.141. The van der Waals surface area contributed by atoms with Crippen LogP contribution in [0.4, 0.5) is 0 Å². The van der Waals surface area contributed by atoms with E-state index >= 15 is 0 Å². The zero-order chi connectivity index (χ0) is 31.8. The SMILES string of the molecule is C=CC(=O)N[C@H](C)C(=O)N1C[C@H](Oc2nccc3cc(OC)ccc23)C[C@H]1C(=O)N[C@]1(C(=O)NS(=O)(=O)C2CC2)C[C@@H]1C=C. The van der Waals surface area contributed by atoms with Crippen molar-refractivity contribution in [3.05, 3.63) is 55.8 Å². The number of carbonyl (C=O) groups excluding carboxylic acids is 4. The molecule has 3 aliphatic rings. The minimum atomic E-state index is -3.86. The molecule has 2 aromatic rings. The van der Waals surface area contributed by atoms with Gasteiger partial charge in [0.25, 0.3) is 5.91 Å². The Morgan fingerprint density at radius 1 is 1.18 bits per heavy atom. The van der Waals surface area contributed by atoms with Gasteiger partial charge in [-0.3, -0.25) is 23.9 Å². The van der Waals surface area contributed by atoms with Crippen LogP contribution < -0.4 is 24.8 Å². The fourth-order valence-corrected chi connectivity index (χ4v) is 6.85. The average molecular weight is 626 g/mol. The van der Waals surface area contributed by atoms with Gasteiger partial charge in [0.1, 0.15) is 29.5 Å². The van der Waals surface area contributed by atoms with Gasteiger partial charge in [0.2, 0.25) is 33.6 Å². The van der Waals surface area contributed by atoms with Gasteiger partial charge in [-0.15, -0.1) is 6.58 Å². The molecule has 0 spiro atoms. The van der Waals surface area contributed by atoms with Gasteiger partial charge in [-0.05, 0) is 61.9 Å². The molecule has 3 fully saturated rings. The molecule has 2 heterocycles. The van der Waals surface area contributed by atoms with Crippen molar-refractivity contribution >= 4 is 44.4 Å². The molecule has 5 rings (SSSR count). The van der Waals surface area contributed by atoms with E-state index in [-0.39, 0.29) is 19.4 Å². The number of benzene rings is 1. The van der Waals surface area contributed by atoms with Crippen molar-refractivity contribution in [3.8, 4) is 11.6 Å². The highest BCUT2D eigenvalue weighted by Crippen LogP contribution is 2.45. The number of methoxy groups -OCH3 is 1. The van der Waals surface area contributed by atoms with Crippen LogP contribution in [0, 0.1) is 5.92 Å². The monoisotopic (exact) mass is 625 g/mol. The number of pyridine rings is 1. The Bertz CT molecular complexity index is 1640. The van der Waals surface area contributed by atoms with E-state index in [0.717, 1.165) is 11.5 Å². The summed E-state index contributed by atoms with van der Waals surface area (Å²) in [6.07, 6.45) is 4.56. The highest BCUT2D eigenvalue weighted by atomic mass is 32.2. The Balaban J connectivity index is 1.39. The van der Waals surface area contributed by atoms with Crippen LogP contribution in [0.25, 0.3) is 10.8 Å². The van der Waals surface area contributed by atoms with Gasteiger partial charge >= 0.3 is 0 Å². The lowest BCUT2D eigenvalue weighted by atomic mass is 10.1. The summed E-state index contributed by atoms with van der Waals surface area (Å²) in [7, 11) is -2.30. The molecule has 14 heteroatoms. The van der Waals surface area contributed by atoms with Gasteiger partial charge in [-0.2, -0.15) is 0 Å². The smallest absolute Gasteiger partial charge is 0.259 e. The summed E-state index contributed by atoms with van der Waals surface area (Å²) in [5, 5.41) is 6.12. The first-order valence-corrected chi connectivity index (χ1v) is 15.8. The lowest BCUT2D eigenvalue weighted by Gasteiger charge is -2.28. The van der Waals surface area contributed by atoms with Crippen molar-refractivity contribution in [1.82, 2.24) is 25.2 Å². The number of ether oxygens (including phenoxy) is 2. The standard InChI is InChI=1S/C30H35N5O8S/c1-5-19-15-30(19,29(39)34-44(40,41)22-8-9-22)33-26(37)24-14-21(16-35(24)28(38)17(3)32-25(36)6-2)43-27-23-10-7-20(42-4)13-18(23)11-12-31-27/h5-7,10-13,17,19,21-22,24H,1-2,8-9,14-16H2,3-4H3,(H,32,36)(H,33,37)(H,34,39)/t17-,19+,21-,24+,30-/m1/s1. The van der Waals surface area contributed by atoms with Crippen molar-refractivity contribution in [2.24, 2.45) is 5.92 Å². The van der Waals surface area contributed by atoms with Crippen molar-refractivity contribution < 1.29 is 37.1 Å². The summed E-state index contributed by atoms with van der Waals surface area (Å²) < 4.78 is 38.6. The molecule has 13 nitrogen and oxygen atoms in total. The van der Waals surface area contributed by atoms with Crippen LogP contribution in [-0.4, -0.2) is 84.6 Å². The summed E-state index contributed by atoms with van der Waals surface area (Å²) in [5.74, 6) is -2.16. The number of hydrogen-bond donors (Lipinski definition) is 3. The van der Waals surface area contributed by atoms with Crippen LogP contribution in [0.15, 0.2) is 55.8 Å². The predicted octanol–water partition coefficient (Wildman–Crippen LogP) is 0.952. The molecule has 1 aromatic heterocycles. The number of hydrogen-bond acceptors (Lipinski definition) is 9. The minimum absolute atomic E-state index is 0.0143. The van der Waals surface area contributed by atoms with Gasteiger partial charge in [0.15, 0.2) is 0 Å². The molecule has 44 heavy (non-hydrogen) atoms. The van der Waals surface area contributed by atoms with Crippen LogP contribution >= 0.6 is 0 Å². The summed E-state index contributed by atoms with van der Waals surface area (Å²) in [4.78, 5) is 58.1. The van der Waals surface area contributed by atoms with Crippen LogP contribution in [0.2, 0.25) is 0 Å². The Kier molecular flexibility index (Phi) is 8.38. The van der Waals surface area contributed by atoms with Gasteiger partial charge in [0, 0.05) is 23.9 Å². The molecule has 1 aliphatic heterocycles. The second kappa shape index (κ2) is 11.9.